The number of sulfonamides is 1. The molecule has 37 heavy (non-hydrogen) atoms. The van der Waals surface area contributed by atoms with Crippen LogP contribution in [0.1, 0.15) is 25.7 Å². The quantitative estimate of drug-likeness (QED) is 0.471. The molecule has 0 aromatic carbocycles. The van der Waals surface area contributed by atoms with Gasteiger partial charge < -0.3 is 19.7 Å². The number of pyridine rings is 3. The van der Waals surface area contributed by atoms with Crippen LogP contribution in [0.15, 0.2) is 30.6 Å². The average Bonchev–Trinajstić information content (AvgIpc) is 2.86. The van der Waals surface area contributed by atoms with Crippen LogP contribution in [0.2, 0.25) is 0 Å². The van der Waals surface area contributed by atoms with Crippen LogP contribution < -0.4 is 19.7 Å². The zero-order valence-electron chi connectivity index (χ0n) is 20.3. The van der Waals surface area contributed by atoms with Gasteiger partial charge in [-0.25, -0.2) is 22.2 Å². The maximum absolute atomic E-state index is 14.0. The topological polar surface area (TPSA) is 119 Å². The standard InChI is InChI=1S/C24H28F2N6O4S/c1-37(33,34)31-17-11-19-21(27-14-17)12-22(32-6-8-35-9-7-32)30-24(19)36-18-4-2-16(3-5-18)29-23-20(26)10-15(25)13-28-23/h10-14,16,18,31H,2-9H2,1H3,(H,28,29). The SMILES string of the molecule is CS(=O)(=O)Nc1cnc2cc(N3CCOCC3)nc(OC3CCC(Nc4ncc(F)cc4F)CC3)c2c1. The van der Waals surface area contributed by atoms with Crippen molar-refractivity contribution in [3.05, 3.63) is 42.2 Å². The Labute approximate surface area is 213 Å². The first kappa shape index (κ1) is 25.3. The Hall–Kier alpha value is -3.32. The van der Waals surface area contributed by atoms with E-state index in [0.29, 0.717) is 74.5 Å². The summed E-state index contributed by atoms with van der Waals surface area (Å²) >= 11 is 0. The molecule has 3 aromatic heterocycles. The third-order valence-electron chi connectivity index (χ3n) is 6.37. The Bertz CT molecular complexity index is 1380. The zero-order valence-corrected chi connectivity index (χ0v) is 21.1. The highest BCUT2D eigenvalue weighted by Gasteiger charge is 2.25. The molecule has 4 heterocycles. The van der Waals surface area contributed by atoms with E-state index >= 15 is 0 Å². The number of nitrogens with one attached hydrogen (secondary N) is 2. The van der Waals surface area contributed by atoms with Crippen molar-refractivity contribution in [3.8, 4) is 5.88 Å². The van der Waals surface area contributed by atoms with Gasteiger partial charge in [-0.15, -0.1) is 0 Å². The van der Waals surface area contributed by atoms with Crippen molar-refractivity contribution in [2.75, 3.05) is 47.5 Å². The van der Waals surface area contributed by atoms with Crippen molar-refractivity contribution in [1.29, 1.82) is 0 Å². The van der Waals surface area contributed by atoms with Crippen molar-refractivity contribution in [3.63, 3.8) is 0 Å². The second kappa shape index (κ2) is 10.6. The van der Waals surface area contributed by atoms with Gasteiger partial charge in [-0.3, -0.25) is 9.71 Å². The summed E-state index contributed by atoms with van der Waals surface area (Å²) in [5.41, 5.74) is 0.960. The van der Waals surface area contributed by atoms with Gasteiger partial charge in [0.25, 0.3) is 0 Å². The molecule has 1 saturated heterocycles. The van der Waals surface area contributed by atoms with E-state index in [2.05, 4.69) is 24.9 Å². The van der Waals surface area contributed by atoms with Crippen LogP contribution in [0.4, 0.5) is 26.1 Å². The summed E-state index contributed by atoms with van der Waals surface area (Å²) in [6, 6.07) is 4.32. The lowest BCUT2D eigenvalue weighted by Gasteiger charge is -2.31. The third-order valence-corrected chi connectivity index (χ3v) is 6.98. The fourth-order valence-corrected chi connectivity index (χ4v) is 5.13. The molecular weight excluding hydrogens is 506 g/mol. The van der Waals surface area contributed by atoms with Gasteiger partial charge in [-0.1, -0.05) is 0 Å². The minimum atomic E-state index is -3.48. The van der Waals surface area contributed by atoms with Gasteiger partial charge in [-0.05, 0) is 31.7 Å². The van der Waals surface area contributed by atoms with Crippen LogP contribution in [0.5, 0.6) is 5.88 Å². The van der Waals surface area contributed by atoms with Gasteiger partial charge in [0.15, 0.2) is 11.6 Å². The summed E-state index contributed by atoms with van der Waals surface area (Å²) in [6.45, 7) is 2.58. The van der Waals surface area contributed by atoms with E-state index in [1.54, 1.807) is 6.07 Å². The highest BCUT2D eigenvalue weighted by molar-refractivity contribution is 7.92. The van der Waals surface area contributed by atoms with Gasteiger partial charge in [-0.2, -0.15) is 4.98 Å². The van der Waals surface area contributed by atoms with Crippen LogP contribution in [0.25, 0.3) is 10.9 Å². The summed E-state index contributed by atoms with van der Waals surface area (Å²) in [5.74, 6) is -0.307. The van der Waals surface area contributed by atoms with Crippen molar-refractivity contribution < 1.29 is 26.7 Å². The smallest absolute Gasteiger partial charge is 0.229 e. The molecule has 1 aliphatic carbocycles. The van der Waals surface area contributed by atoms with Crippen molar-refractivity contribution >= 4 is 38.2 Å². The molecule has 0 radical (unpaired) electrons. The van der Waals surface area contributed by atoms with E-state index in [0.717, 1.165) is 24.3 Å². The monoisotopic (exact) mass is 534 g/mol. The lowest BCUT2D eigenvalue weighted by Crippen LogP contribution is -2.37. The van der Waals surface area contributed by atoms with E-state index < -0.39 is 21.7 Å². The second-order valence-electron chi connectivity index (χ2n) is 9.27. The van der Waals surface area contributed by atoms with E-state index in [1.807, 2.05) is 6.07 Å². The average molecular weight is 535 g/mol. The molecule has 10 nitrogen and oxygen atoms in total. The molecule has 0 amide bonds. The third kappa shape index (κ3) is 6.34. The molecule has 1 saturated carbocycles. The molecule has 0 bridgehead atoms. The number of hydrogen-bond acceptors (Lipinski definition) is 9. The number of rotatable bonds is 7. The highest BCUT2D eigenvalue weighted by Crippen LogP contribution is 2.33. The number of nitrogens with zero attached hydrogens (tertiary/aromatic N) is 4. The highest BCUT2D eigenvalue weighted by atomic mass is 32.2. The molecule has 2 fully saturated rings. The number of halogens is 2. The Kier molecular flexibility index (Phi) is 7.24. The van der Waals surface area contributed by atoms with Crippen molar-refractivity contribution in [1.82, 2.24) is 15.0 Å². The first-order valence-electron chi connectivity index (χ1n) is 12.1. The molecular formula is C24H28F2N6O4S. The molecule has 0 unspecified atom stereocenters. The molecule has 198 valence electrons. The van der Waals surface area contributed by atoms with Crippen LogP contribution in [-0.2, 0) is 14.8 Å². The number of aromatic nitrogens is 3. The number of ether oxygens (including phenoxy) is 2. The summed E-state index contributed by atoms with van der Waals surface area (Å²) in [5, 5.41) is 3.65. The maximum Gasteiger partial charge on any atom is 0.229 e. The molecule has 13 heteroatoms. The van der Waals surface area contributed by atoms with Crippen LogP contribution in [-0.4, -0.2) is 68.1 Å². The molecule has 2 aliphatic rings. The van der Waals surface area contributed by atoms with E-state index in [-0.39, 0.29) is 18.0 Å². The first-order valence-corrected chi connectivity index (χ1v) is 14.0. The Balaban J connectivity index is 1.35. The number of fused-ring (bicyclic) bond motifs is 1. The normalized spacial score (nSPS) is 20.6. The van der Waals surface area contributed by atoms with Crippen molar-refractivity contribution in [2.45, 2.75) is 37.8 Å². The number of hydrogen-bond donors (Lipinski definition) is 2. The van der Waals surface area contributed by atoms with Crippen LogP contribution in [0, 0.1) is 11.6 Å². The Morgan fingerprint density at radius 3 is 2.51 bits per heavy atom. The van der Waals surface area contributed by atoms with Gasteiger partial charge in [0.1, 0.15) is 17.7 Å². The van der Waals surface area contributed by atoms with Gasteiger partial charge in [0.05, 0.1) is 48.5 Å². The molecule has 0 spiro atoms. The van der Waals surface area contributed by atoms with Crippen LogP contribution in [0.3, 0.4) is 0 Å². The molecule has 5 rings (SSSR count). The summed E-state index contributed by atoms with van der Waals surface area (Å²) in [6.07, 6.45) is 6.14. The minimum Gasteiger partial charge on any atom is -0.474 e. The molecule has 0 atom stereocenters. The largest absolute Gasteiger partial charge is 0.474 e. The predicted octanol–water partition coefficient (Wildman–Crippen LogP) is 3.31. The van der Waals surface area contributed by atoms with Gasteiger partial charge >= 0.3 is 0 Å². The lowest BCUT2D eigenvalue weighted by atomic mass is 9.93. The number of morpholine rings is 1. The predicted molar refractivity (Wildman–Crippen MR) is 135 cm³/mol. The fraction of sp³-hybridized carbons (Fsp3) is 0.458. The van der Waals surface area contributed by atoms with Crippen LogP contribution >= 0.6 is 0 Å². The molecule has 3 aromatic rings. The summed E-state index contributed by atoms with van der Waals surface area (Å²) in [4.78, 5) is 15.2. The van der Waals surface area contributed by atoms with Gasteiger partial charge in [0, 0.05) is 31.3 Å². The van der Waals surface area contributed by atoms with E-state index in [4.69, 9.17) is 14.5 Å². The molecule has 2 N–H and O–H groups in total. The lowest BCUT2D eigenvalue weighted by molar-refractivity contribution is 0.122. The summed E-state index contributed by atoms with van der Waals surface area (Å²) < 4.78 is 64.9. The Morgan fingerprint density at radius 1 is 1.05 bits per heavy atom. The minimum absolute atomic E-state index is 0.0241. The zero-order chi connectivity index (χ0) is 26.0. The second-order valence-corrected chi connectivity index (χ2v) is 11.0. The van der Waals surface area contributed by atoms with Gasteiger partial charge in [0.2, 0.25) is 15.9 Å². The Morgan fingerprint density at radius 2 is 1.81 bits per heavy atom. The number of anilines is 3. The van der Waals surface area contributed by atoms with Crippen molar-refractivity contribution in [2.24, 2.45) is 0 Å². The maximum atomic E-state index is 14.0. The molecule has 1 aliphatic heterocycles. The summed E-state index contributed by atoms with van der Waals surface area (Å²) in [7, 11) is -3.48. The van der Waals surface area contributed by atoms with E-state index in [1.165, 1.54) is 6.20 Å². The van der Waals surface area contributed by atoms with E-state index in [9.17, 15) is 17.2 Å². The fourth-order valence-electron chi connectivity index (χ4n) is 4.59. The first-order chi connectivity index (χ1) is 17.7.